The molecule has 0 saturated carbocycles. The quantitative estimate of drug-likeness (QED) is 0.518. The number of benzene rings is 1. The van der Waals surface area contributed by atoms with E-state index in [4.69, 9.17) is 25.8 Å². The second-order valence-corrected chi connectivity index (χ2v) is 11.6. The van der Waals surface area contributed by atoms with Gasteiger partial charge < -0.3 is 19.1 Å². The van der Waals surface area contributed by atoms with Crippen LogP contribution in [0, 0.1) is 5.92 Å². The topological polar surface area (TPSA) is 77.1 Å². The lowest BCUT2D eigenvalue weighted by molar-refractivity contribution is -0.118. The molecule has 5 atom stereocenters. The van der Waals surface area contributed by atoms with Gasteiger partial charge in [0.05, 0.1) is 12.8 Å². The van der Waals surface area contributed by atoms with Crippen molar-refractivity contribution in [2.75, 3.05) is 26.2 Å². The number of allylic oxidation sites excluding steroid dienone is 3. The molecular weight excluding hydrogens is 491 g/mol. The number of hydrogen-bond donors (Lipinski definition) is 1. The predicted molar refractivity (Wildman–Crippen MR) is 148 cm³/mol. The fourth-order valence-electron chi connectivity index (χ4n) is 5.93. The number of ether oxygens (including phenoxy) is 3. The average Bonchev–Trinajstić information content (AvgIpc) is 3.55. The summed E-state index contributed by atoms with van der Waals surface area (Å²) in [4.78, 5) is 27.4. The third kappa shape index (κ3) is 5.85. The molecule has 3 aliphatic heterocycles. The van der Waals surface area contributed by atoms with Gasteiger partial charge in [-0.15, -0.1) is 0 Å². The van der Waals surface area contributed by atoms with Crippen molar-refractivity contribution in [3.63, 3.8) is 0 Å². The minimum absolute atomic E-state index is 0.0143. The largest absolute Gasteiger partial charge is 0.495 e. The maximum absolute atomic E-state index is 13.3. The van der Waals surface area contributed by atoms with Crippen molar-refractivity contribution in [3.8, 4) is 5.75 Å². The van der Waals surface area contributed by atoms with Crippen molar-refractivity contribution in [1.29, 1.82) is 0 Å². The molecule has 3 heterocycles. The zero-order chi connectivity index (χ0) is 27.0. The van der Waals surface area contributed by atoms with Gasteiger partial charge in [-0.2, -0.15) is 0 Å². The van der Waals surface area contributed by atoms with Gasteiger partial charge >= 0.3 is 6.09 Å². The Hall–Kier alpha value is -2.45. The summed E-state index contributed by atoms with van der Waals surface area (Å²) in [5.41, 5.74) is 1.98. The summed E-state index contributed by atoms with van der Waals surface area (Å²) in [7, 11) is 5.99. The van der Waals surface area contributed by atoms with Gasteiger partial charge in [0, 0.05) is 33.4 Å². The fraction of sp³-hybridized carbons (Fsp3) is 0.571. The third-order valence-corrected chi connectivity index (χ3v) is 8.92. The molecule has 1 aromatic rings. The Labute approximate surface area is 225 Å². The maximum Gasteiger partial charge on any atom is 0.409 e. The Bertz CT molecular complexity index is 1120. The summed E-state index contributed by atoms with van der Waals surface area (Å²) in [6, 6.07) is 3.89. The van der Waals surface area contributed by atoms with Crippen molar-refractivity contribution in [2.45, 2.75) is 75.8 Å². The van der Waals surface area contributed by atoms with E-state index in [0.717, 1.165) is 24.8 Å². The van der Waals surface area contributed by atoms with Gasteiger partial charge in [0.25, 0.3) is 0 Å². The number of anilines is 1. The first-order chi connectivity index (χ1) is 17.5. The summed E-state index contributed by atoms with van der Waals surface area (Å²) in [6.07, 6.45) is 8.32. The number of carbonyl (C=O) groups is 2. The van der Waals surface area contributed by atoms with Crippen LogP contribution in [0.25, 0.3) is 0 Å². The number of methoxy groups -OCH3 is 2. The molecule has 0 radical (unpaired) electrons. The molecule has 0 spiro atoms. The second kappa shape index (κ2) is 10.7. The van der Waals surface area contributed by atoms with Gasteiger partial charge in [-0.1, -0.05) is 60.4 Å². The van der Waals surface area contributed by atoms with Crippen LogP contribution in [0.5, 0.6) is 5.75 Å². The number of rotatable bonds is 2. The Morgan fingerprint density at radius 1 is 1.27 bits per heavy atom. The van der Waals surface area contributed by atoms with Gasteiger partial charge in [0.2, 0.25) is 5.91 Å². The average molecular weight is 529 g/mol. The summed E-state index contributed by atoms with van der Waals surface area (Å²) in [5.74, 6) is 1.09. The minimum atomic E-state index is -0.808. The molecule has 1 aromatic carbocycles. The number of alkyl carbamates (subject to hydrolysis) is 1. The molecule has 1 N–H and O–H groups in total. The molecule has 37 heavy (non-hydrogen) atoms. The molecule has 200 valence electrons. The van der Waals surface area contributed by atoms with Gasteiger partial charge in [0.15, 0.2) is 0 Å². The smallest absolute Gasteiger partial charge is 0.409 e. The fourth-order valence-corrected chi connectivity index (χ4v) is 6.24. The molecule has 0 aliphatic carbocycles. The SMILES string of the molecule is COc1cc2cc(c1Cl)N(C)C(=O)CC[C@]1(C)B[C@@H]1[C@H](C)C1C[C@](OC)(C/C=C/C=C(\C)C2)NC(=O)O1. The molecule has 7 nitrogen and oxygen atoms in total. The van der Waals surface area contributed by atoms with E-state index in [9.17, 15) is 9.59 Å². The lowest BCUT2D eigenvalue weighted by atomic mass is 9.84. The molecule has 4 bridgehead atoms. The van der Waals surface area contributed by atoms with E-state index >= 15 is 0 Å². The van der Waals surface area contributed by atoms with Crippen LogP contribution in [-0.2, 0) is 20.7 Å². The van der Waals surface area contributed by atoms with E-state index < -0.39 is 11.8 Å². The van der Waals surface area contributed by atoms with Crippen molar-refractivity contribution in [3.05, 3.63) is 46.5 Å². The monoisotopic (exact) mass is 528 g/mol. The lowest BCUT2D eigenvalue weighted by Crippen LogP contribution is -2.58. The Morgan fingerprint density at radius 3 is 2.73 bits per heavy atom. The predicted octanol–water partition coefficient (Wildman–Crippen LogP) is 5.43. The molecule has 2 fully saturated rings. The van der Waals surface area contributed by atoms with Crippen molar-refractivity contribution in [1.82, 2.24) is 5.32 Å². The summed E-state index contributed by atoms with van der Waals surface area (Å²) in [6.45, 7) is 6.43. The molecule has 1 unspecified atom stereocenters. The molecule has 0 aromatic heterocycles. The number of fused-ring (bicyclic) bond motifs is 5. The van der Waals surface area contributed by atoms with E-state index in [0.29, 0.717) is 48.0 Å². The van der Waals surface area contributed by atoms with E-state index in [1.807, 2.05) is 30.4 Å². The maximum atomic E-state index is 13.3. The highest BCUT2D eigenvalue weighted by molar-refractivity contribution is 6.56. The van der Waals surface area contributed by atoms with Gasteiger partial charge in [0.1, 0.15) is 29.9 Å². The molecule has 3 aliphatic rings. The van der Waals surface area contributed by atoms with Crippen LogP contribution in [0.2, 0.25) is 16.2 Å². The van der Waals surface area contributed by atoms with Crippen LogP contribution in [0.3, 0.4) is 0 Å². The lowest BCUT2D eigenvalue weighted by Gasteiger charge is -2.42. The third-order valence-electron chi connectivity index (χ3n) is 8.54. The highest BCUT2D eigenvalue weighted by Crippen LogP contribution is 2.64. The van der Waals surface area contributed by atoms with E-state index in [1.54, 1.807) is 26.2 Å². The summed E-state index contributed by atoms with van der Waals surface area (Å²) >= 11 is 6.64. The molecule has 2 amide bonds. The van der Waals surface area contributed by atoms with E-state index in [2.05, 4.69) is 26.1 Å². The number of carbonyl (C=O) groups excluding carboxylic acids is 2. The van der Waals surface area contributed by atoms with Crippen LogP contribution in [0.1, 0.15) is 52.0 Å². The Balaban J connectivity index is 1.68. The van der Waals surface area contributed by atoms with Crippen LogP contribution in [-0.4, -0.2) is 52.4 Å². The standard InChI is InChI=1S/C28H38BClN2O5/c1-17-9-7-8-11-28(36-6)16-22(37-26(34)31-28)18(2)25-27(3,29-25)12-10-23(33)32(4)20-14-19(13-17)15-21(35-5)24(20)30/h7-9,14-15,18,22,25,29H,10-13,16H2,1-6H3,(H,31,34)/b8-7+,17-9+/t18-,22?,25-,27+,28-/m1/s1. The molecular formula is C28H38BClN2O5. The molecule has 4 rings (SSSR count). The summed E-state index contributed by atoms with van der Waals surface area (Å²) in [5, 5.41) is 3.37. The zero-order valence-corrected chi connectivity index (χ0v) is 23.5. The minimum Gasteiger partial charge on any atom is -0.495 e. The number of hydrogen-bond acceptors (Lipinski definition) is 5. The van der Waals surface area contributed by atoms with Gasteiger partial charge in [-0.25, -0.2) is 4.79 Å². The zero-order valence-electron chi connectivity index (χ0n) is 22.7. The highest BCUT2D eigenvalue weighted by Gasteiger charge is 2.57. The van der Waals surface area contributed by atoms with Crippen molar-refractivity contribution < 1.29 is 23.8 Å². The second-order valence-electron chi connectivity index (χ2n) is 11.2. The first kappa shape index (κ1) is 27.6. The first-order valence-corrected chi connectivity index (χ1v) is 13.4. The highest BCUT2D eigenvalue weighted by atomic mass is 35.5. The van der Waals surface area contributed by atoms with Crippen LogP contribution >= 0.6 is 11.6 Å². The first-order valence-electron chi connectivity index (χ1n) is 13.0. The van der Waals surface area contributed by atoms with Crippen molar-refractivity contribution in [2.24, 2.45) is 5.92 Å². The van der Waals surface area contributed by atoms with Gasteiger partial charge in [-0.3, -0.25) is 10.1 Å². The van der Waals surface area contributed by atoms with Gasteiger partial charge in [-0.05, 0) is 43.4 Å². The Morgan fingerprint density at radius 2 is 2.03 bits per heavy atom. The Kier molecular flexibility index (Phi) is 8.00. The number of nitrogens with zero attached hydrogens (tertiary/aromatic N) is 1. The molecule has 9 heteroatoms. The number of nitrogens with one attached hydrogen (secondary N) is 1. The van der Waals surface area contributed by atoms with Crippen molar-refractivity contribution >= 4 is 36.6 Å². The number of amides is 2. The van der Waals surface area contributed by atoms with Crippen LogP contribution in [0.4, 0.5) is 10.5 Å². The normalized spacial score (nSPS) is 34.7. The van der Waals surface area contributed by atoms with E-state index in [1.165, 1.54) is 0 Å². The molecule has 2 saturated heterocycles. The van der Waals surface area contributed by atoms with Crippen LogP contribution in [0.15, 0.2) is 35.9 Å². The number of halogens is 1. The summed E-state index contributed by atoms with van der Waals surface area (Å²) < 4.78 is 17.1. The van der Waals surface area contributed by atoms with Crippen LogP contribution < -0.4 is 15.0 Å². The van der Waals surface area contributed by atoms with E-state index in [-0.39, 0.29) is 23.2 Å².